The number of rotatable bonds is 10. The first-order valence-corrected chi connectivity index (χ1v) is 12.1. The lowest BCUT2D eigenvalue weighted by atomic mass is 9.83. The van der Waals surface area contributed by atoms with Crippen molar-refractivity contribution >= 4 is 18.0 Å². The van der Waals surface area contributed by atoms with Gasteiger partial charge in [0.2, 0.25) is 5.91 Å². The lowest BCUT2D eigenvalue weighted by Crippen LogP contribution is -2.56. The fourth-order valence-electron chi connectivity index (χ4n) is 4.07. The van der Waals surface area contributed by atoms with E-state index in [1.54, 1.807) is 40.8 Å². The number of carbonyl (C=O) groups excluding carboxylic acids is 3. The molecule has 1 unspecified atom stereocenters. The number of aliphatic hydroxyl groups is 1. The average Bonchev–Trinajstić information content (AvgIpc) is 3.24. The van der Waals surface area contributed by atoms with Crippen LogP contribution >= 0.6 is 0 Å². The van der Waals surface area contributed by atoms with E-state index in [2.05, 4.69) is 20.6 Å². The Morgan fingerprint density at radius 3 is 2.41 bits per heavy atom. The Morgan fingerprint density at radius 2 is 1.85 bits per heavy atom. The van der Waals surface area contributed by atoms with Crippen LogP contribution in [0.25, 0.3) is 0 Å². The van der Waals surface area contributed by atoms with Crippen molar-refractivity contribution in [2.75, 3.05) is 0 Å². The number of carbonyl (C=O) groups is 3. The zero-order valence-corrected chi connectivity index (χ0v) is 20.9. The minimum absolute atomic E-state index is 0.108. The van der Waals surface area contributed by atoms with Crippen molar-refractivity contribution in [2.45, 2.75) is 109 Å². The number of aromatic nitrogens is 2. The SMILES string of the molecule is CC(C)OC(=O)C(O)[C@H](CC1CCCCC1)NC(=O)[C@H](Cc1c[nH]cn1)NC(=O)OC(C)(C)C. The summed E-state index contributed by atoms with van der Waals surface area (Å²) >= 11 is 0. The van der Waals surface area contributed by atoms with E-state index in [9.17, 15) is 19.5 Å². The van der Waals surface area contributed by atoms with Gasteiger partial charge in [0.1, 0.15) is 11.6 Å². The van der Waals surface area contributed by atoms with Gasteiger partial charge in [-0.15, -0.1) is 0 Å². The van der Waals surface area contributed by atoms with Crippen LogP contribution in [0.4, 0.5) is 4.79 Å². The lowest BCUT2D eigenvalue weighted by Gasteiger charge is -2.31. The van der Waals surface area contributed by atoms with E-state index in [0.29, 0.717) is 12.1 Å². The highest BCUT2D eigenvalue weighted by atomic mass is 16.6. The minimum Gasteiger partial charge on any atom is -0.461 e. The number of alkyl carbamates (subject to hydrolysis) is 1. The van der Waals surface area contributed by atoms with Gasteiger partial charge in [0.25, 0.3) is 0 Å². The normalized spacial score (nSPS) is 17.5. The molecule has 4 N–H and O–H groups in total. The van der Waals surface area contributed by atoms with Crippen molar-refractivity contribution < 1.29 is 29.0 Å². The summed E-state index contributed by atoms with van der Waals surface area (Å²) in [7, 11) is 0. The van der Waals surface area contributed by atoms with E-state index >= 15 is 0 Å². The molecule has 2 rings (SSSR count). The first kappa shape index (κ1) is 27.6. The second-order valence-corrected chi connectivity index (χ2v) is 10.2. The fourth-order valence-corrected chi connectivity index (χ4v) is 4.07. The van der Waals surface area contributed by atoms with Crippen molar-refractivity contribution in [3.05, 3.63) is 18.2 Å². The Balaban J connectivity index is 2.17. The molecule has 1 aliphatic carbocycles. The monoisotopic (exact) mass is 480 g/mol. The van der Waals surface area contributed by atoms with Gasteiger partial charge in [0.15, 0.2) is 6.10 Å². The third-order valence-corrected chi connectivity index (χ3v) is 5.59. The maximum atomic E-state index is 13.3. The molecule has 10 nitrogen and oxygen atoms in total. The molecule has 0 radical (unpaired) electrons. The zero-order valence-electron chi connectivity index (χ0n) is 20.9. The number of H-pyrrole nitrogens is 1. The molecular formula is C24H40N4O6. The molecule has 192 valence electrons. The van der Waals surface area contributed by atoms with Gasteiger partial charge in [-0.2, -0.15) is 0 Å². The van der Waals surface area contributed by atoms with Crippen LogP contribution < -0.4 is 10.6 Å². The molecule has 1 fully saturated rings. The summed E-state index contributed by atoms with van der Waals surface area (Å²) < 4.78 is 10.5. The standard InChI is InChI=1S/C24H40N4O6/c1-15(2)33-22(31)20(29)18(11-16-9-7-6-8-10-16)27-21(30)19(12-17-13-25-14-26-17)28-23(32)34-24(3,4)5/h13-16,18-20,29H,6-12H2,1-5H3,(H,25,26)(H,27,30)(H,28,32)/t18-,19-,20?/m0/s1. The Kier molecular flexibility index (Phi) is 10.3. The summed E-state index contributed by atoms with van der Waals surface area (Å²) in [6.45, 7) is 8.58. The van der Waals surface area contributed by atoms with E-state index in [1.165, 1.54) is 6.33 Å². The molecular weight excluding hydrogens is 440 g/mol. The third kappa shape index (κ3) is 9.70. The smallest absolute Gasteiger partial charge is 0.408 e. The second kappa shape index (κ2) is 12.7. The summed E-state index contributed by atoms with van der Waals surface area (Å²) in [4.78, 5) is 45.1. The highest BCUT2D eigenvalue weighted by molar-refractivity contribution is 5.87. The van der Waals surface area contributed by atoms with E-state index in [-0.39, 0.29) is 12.3 Å². The Bertz CT molecular complexity index is 784. The Morgan fingerprint density at radius 1 is 1.18 bits per heavy atom. The zero-order chi connectivity index (χ0) is 25.3. The van der Waals surface area contributed by atoms with Crippen molar-refractivity contribution in [3.8, 4) is 0 Å². The van der Waals surface area contributed by atoms with Gasteiger partial charge in [-0.3, -0.25) is 4.79 Å². The van der Waals surface area contributed by atoms with Crippen molar-refractivity contribution in [1.29, 1.82) is 0 Å². The van der Waals surface area contributed by atoms with Crippen LogP contribution in [-0.2, 0) is 25.5 Å². The van der Waals surface area contributed by atoms with Crippen LogP contribution in [0.15, 0.2) is 12.5 Å². The van der Waals surface area contributed by atoms with Crippen molar-refractivity contribution in [1.82, 2.24) is 20.6 Å². The molecule has 1 saturated carbocycles. The average molecular weight is 481 g/mol. The van der Waals surface area contributed by atoms with E-state index < -0.39 is 47.9 Å². The number of aromatic amines is 1. The van der Waals surface area contributed by atoms with Crippen LogP contribution in [0.5, 0.6) is 0 Å². The maximum absolute atomic E-state index is 13.3. The topological polar surface area (TPSA) is 143 Å². The van der Waals surface area contributed by atoms with Crippen molar-refractivity contribution in [2.24, 2.45) is 5.92 Å². The first-order valence-electron chi connectivity index (χ1n) is 12.1. The number of amides is 2. The Labute approximate surface area is 201 Å². The molecule has 0 spiro atoms. The van der Waals surface area contributed by atoms with Crippen LogP contribution in [-0.4, -0.2) is 62.9 Å². The number of nitrogens with zero attached hydrogens (tertiary/aromatic N) is 1. The molecule has 2 amide bonds. The fraction of sp³-hybridized carbons (Fsp3) is 0.750. The molecule has 10 heteroatoms. The second-order valence-electron chi connectivity index (χ2n) is 10.2. The van der Waals surface area contributed by atoms with Crippen LogP contribution in [0.2, 0.25) is 0 Å². The highest BCUT2D eigenvalue weighted by Crippen LogP contribution is 2.28. The van der Waals surface area contributed by atoms with Gasteiger partial charge in [-0.05, 0) is 47.0 Å². The Hall–Kier alpha value is -2.62. The molecule has 0 aliphatic heterocycles. The van der Waals surface area contributed by atoms with Gasteiger partial charge in [-0.1, -0.05) is 32.1 Å². The van der Waals surface area contributed by atoms with Crippen LogP contribution in [0.3, 0.4) is 0 Å². The first-order chi connectivity index (χ1) is 15.9. The number of ether oxygens (including phenoxy) is 2. The number of nitrogens with one attached hydrogen (secondary N) is 3. The van der Waals surface area contributed by atoms with Gasteiger partial charge in [0.05, 0.1) is 24.2 Å². The molecule has 1 aliphatic rings. The molecule has 3 atom stereocenters. The minimum atomic E-state index is -1.51. The molecule has 0 saturated heterocycles. The number of imidazole rings is 1. The summed E-state index contributed by atoms with van der Waals surface area (Å²) in [5, 5.41) is 16.2. The molecule has 1 heterocycles. The number of hydrogen-bond acceptors (Lipinski definition) is 7. The summed E-state index contributed by atoms with van der Waals surface area (Å²) in [6, 6.07) is -1.86. The van der Waals surface area contributed by atoms with Gasteiger partial charge >= 0.3 is 12.1 Å². The number of aliphatic hydroxyl groups excluding tert-OH is 1. The maximum Gasteiger partial charge on any atom is 0.408 e. The van der Waals surface area contributed by atoms with E-state index in [1.807, 2.05) is 0 Å². The number of esters is 1. The third-order valence-electron chi connectivity index (χ3n) is 5.59. The van der Waals surface area contributed by atoms with Gasteiger partial charge in [0, 0.05) is 12.6 Å². The molecule has 1 aromatic rings. The summed E-state index contributed by atoms with van der Waals surface area (Å²) in [6.07, 6.45) is 6.30. The predicted octanol–water partition coefficient (Wildman–Crippen LogP) is 2.61. The molecule has 34 heavy (non-hydrogen) atoms. The van der Waals surface area contributed by atoms with Crippen LogP contribution in [0.1, 0.15) is 78.8 Å². The lowest BCUT2D eigenvalue weighted by molar-refractivity contribution is -0.159. The van der Waals surface area contributed by atoms with Crippen LogP contribution in [0, 0.1) is 5.92 Å². The highest BCUT2D eigenvalue weighted by Gasteiger charge is 2.34. The molecule has 0 bridgehead atoms. The predicted molar refractivity (Wildman–Crippen MR) is 126 cm³/mol. The molecule has 0 aromatic carbocycles. The quantitative estimate of drug-likeness (QED) is 0.377. The van der Waals surface area contributed by atoms with Crippen molar-refractivity contribution in [3.63, 3.8) is 0 Å². The van der Waals surface area contributed by atoms with E-state index in [4.69, 9.17) is 9.47 Å². The van der Waals surface area contributed by atoms with Gasteiger partial charge < -0.3 is 30.2 Å². The summed E-state index contributed by atoms with van der Waals surface area (Å²) in [5.74, 6) is -1.03. The van der Waals surface area contributed by atoms with E-state index in [0.717, 1.165) is 32.1 Å². The number of hydrogen-bond donors (Lipinski definition) is 4. The summed E-state index contributed by atoms with van der Waals surface area (Å²) in [5.41, 5.74) is -0.169. The molecule has 1 aromatic heterocycles. The largest absolute Gasteiger partial charge is 0.461 e. The van der Waals surface area contributed by atoms with Gasteiger partial charge in [-0.25, -0.2) is 14.6 Å².